The van der Waals surface area contributed by atoms with E-state index in [9.17, 15) is 9.90 Å². The van der Waals surface area contributed by atoms with Gasteiger partial charge in [0.1, 0.15) is 11.0 Å². The number of hydrogen-bond acceptors (Lipinski definition) is 6. The Morgan fingerprint density at radius 1 is 1.24 bits per heavy atom. The zero-order chi connectivity index (χ0) is 24.1. The molecule has 0 spiro atoms. The monoisotopic (exact) mass is 481 g/mol. The summed E-state index contributed by atoms with van der Waals surface area (Å²) in [4.78, 5) is 20.0. The molecule has 1 saturated heterocycles. The van der Waals surface area contributed by atoms with Gasteiger partial charge in [0.25, 0.3) is 0 Å². The van der Waals surface area contributed by atoms with Crippen LogP contribution in [0.4, 0.5) is 5.69 Å². The van der Waals surface area contributed by atoms with Crippen molar-refractivity contribution in [1.29, 1.82) is 0 Å². The number of nitrogens with one attached hydrogen (secondary N) is 1. The molecule has 2 N–H and O–H groups in total. The average molecular weight is 482 g/mol. The summed E-state index contributed by atoms with van der Waals surface area (Å²) in [5.41, 5.74) is 1.62. The van der Waals surface area contributed by atoms with Crippen LogP contribution in [0, 0.1) is 17.3 Å². The summed E-state index contributed by atoms with van der Waals surface area (Å²) in [6.45, 7) is 9.34. The van der Waals surface area contributed by atoms with Crippen LogP contribution in [0.2, 0.25) is 0 Å². The van der Waals surface area contributed by atoms with Gasteiger partial charge < -0.3 is 15.2 Å². The molecule has 2 aromatic heterocycles. The molecule has 1 aliphatic carbocycles. The predicted molar refractivity (Wildman–Crippen MR) is 137 cm³/mol. The van der Waals surface area contributed by atoms with Gasteiger partial charge in [0.05, 0.1) is 16.3 Å². The quantitative estimate of drug-likeness (QED) is 0.499. The Bertz CT molecular complexity index is 1050. The predicted octanol–water partition coefficient (Wildman–Crippen LogP) is 5.64. The zero-order valence-electron chi connectivity index (χ0n) is 20.4. The van der Waals surface area contributed by atoms with E-state index in [0.717, 1.165) is 55.9 Å². The van der Waals surface area contributed by atoms with Crippen LogP contribution in [0.15, 0.2) is 24.3 Å². The van der Waals surface area contributed by atoms with Crippen LogP contribution in [0.3, 0.4) is 0 Å². The molecule has 182 valence electrons. The Morgan fingerprint density at radius 2 is 1.97 bits per heavy atom. The number of carboxylic acids is 1. The Labute approximate surface area is 206 Å². The lowest BCUT2D eigenvalue weighted by atomic mass is 9.92. The molecule has 4 rings (SSSR count). The highest BCUT2D eigenvalue weighted by Gasteiger charge is 2.25. The fraction of sp³-hybridized carbons (Fsp3) is 0.556. The first-order chi connectivity index (χ1) is 16.2. The summed E-state index contributed by atoms with van der Waals surface area (Å²) >= 11 is 1.24. The van der Waals surface area contributed by atoms with Gasteiger partial charge in [0, 0.05) is 24.1 Å². The maximum Gasteiger partial charge on any atom is 0.348 e. The number of aromatic carboxylic acids is 1. The molecule has 0 unspecified atom stereocenters. The van der Waals surface area contributed by atoms with Crippen molar-refractivity contribution in [3.05, 3.63) is 39.7 Å². The second-order valence-electron chi connectivity index (χ2n) is 10.3. The first-order valence-corrected chi connectivity index (χ1v) is 13.1. The Kier molecular flexibility index (Phi) is 7.80. The SMILES string of the molecule is CC(C)(C)C#Cc1cc(NC2CCC(Oc3cccc(CN4CCCC4)n3)CC2)c(C(=O)O)s1. The topological polar surface area (TPSA) is 74.7 Å². The van der Waals surface area contributed by atoms with Crippen LogP contribution in [0.5, 0.6) is 5.88 Å². The fourth-order valence-electron chi connectivity index (χ4n) is 4.46. The van der Waals surface area contributed by atoms with E-state index in [1.807, 2.05) is 39.0 Å². The third kappa shape index (κ3) is 6.97. The average Bonchev–Trinajstić information content (AvgIpc) is 3.43. The van der Waals surface area contributed by atoms with Gasteiger partial charge in [0.2, 0.25) is 5.88 Å². The largest absolute Gasteiger partial charge is 0.477 e. The molecule has 3 heterocycles. The van der Waals surface area contributed by atoms with Gasteiger partial charge in [-0.1, -0.05) is 17.9 Å². The van der Waals surface area contributed by atoms with Crippen LogP contribution in [0.1, 0.15) is 79.5 Å². The maximum absolute atomic E-state index is 11.8. The second kappa shape index (κ2) is 10.8. The summed E-state index contributed by atoms with van der Waals surface area (Å²) in [5, 5.41) is 13.1. The van der Waals surface area contributed by atoms with Crippen molar-refractivity contribution >= 4 is 23.0 Å². The first-order valence-electron chi connectivity index (χ1n) is 12.3. The number of rotatable bonds is 7. The van der Waals surface area contributed by atoms with Gasteiger partial charge in [0.15, 0.2) is 0 Å². The van der Waals surface area contributed by atoms with Crippen molar-refractivity contribution in [2.24, 2.45) is 5.41 Å². The highest BCUT2D eigenvalue weighted by molar-refractivity contribution is 7.15. The molecule has 34 heavy (non-hydrogen) atoms. The zero-order valence-corrected chi connectivity index (χ0v) is 21.2. The number of carboxylic acid groups (broad SMARTS) is 1. The molecule has 2 aliphatic rings. The van der Waals surface area contributed by atoms with E-state index in [1.165, 1.54) is 24.2 Å². The molecule has 7 heteroatoms. The van der Waals surface area contributed by atoms with Crippen molar-refractivity contribution in [3.8, 4) is 17.7 Å². The number of nitrogens with zero attached hydrogens (tertiary/aromatic N) is 2. The van der Waals surface area contributed by atoms with E-state index in [1.54, 1.807) is 0 Å². The van der Waals surface area contributed by atoms with Gasteiger partial charge in [-0.05, 0) is 84.5 Å². The minimum Gasteiger partial charge on any atom is -0.477 e. The summed E-state index contributed by atoms with van der Waals surface area (Å²) in [6.07, 6.45) is 6.38. The molecule has 2 aromatic rings. The number of hydrogen-bond donors (Lipinski definition) is 2. The number of ether oxygens (including phenoxy) is 1. The van der Waals surface area contributed by atoms with Gasteiger partial charge in [-0.25, -0.2) is 9.78 Å². The Morgan fingerprint density at radius 3 is 2.65 bits per heavy atom. The summed E-state index contributed by atoms with van der Waals surface area (Å²) in [7, 11) is 0. The fourth-order valence-corrected chi connectivity index (χ4v) is 5.28. The second-order valence-corrected chi connectivity index (χ2v) is 11.4. The van der Waals surface area contributed by atoms with Crippen LogP contribution in [-0.4, -0.2) is 46.2 Å². The van der Waals surface area contributed by atoms with Crippen molar-refractivity contribution in [3.63, 3.8) is 0 Å². The molecule has 0 atom stereocenters. The summed E-state index contributed by atoms with van der Waals surface area (Å²) < 4.78 is 6.22. The molecular formula is C27H35N3O3S. The Hall–Kier alpha value is -2.56. The first kappa shape index (κ1) is 24.6. The van der Waals surface area contributed by atoms with Crippen LogP contribution in [0.25, 0.3) is 0 Å². The molecule has 0 bridgehead atoms. The molecule has 2 fully saturated rings. The summed E-state index contributed by atoms with van der Waals surface area (Å²) in [5.74, 6) is 6.12. The number of thiophene rings is 1. The van der Waals surface area contributed by atoms with Crippen molar-refractivity contribution in [1.82, 2.24) is 9.88 Å². The van der Waals surface area contributed by atoms with E-state index in [-0.39, 0.29) is 17.6 Å². The van der Waals surface area contributed by atoms with Crippen LogP contribution in [-0.2, 0) is 6.54 Å². The third-order valence-corrected chi connectivity index (χ3v) is 7.21. The normalized spacial score (nSPS) is 21.0. The molecule has 0 radical (unpaired) electrons. The van der Waals surface area contributed by atoms with E-state index in [4.69, 9.17) is 9.72 Å². The smallest absolute Gasteiger partial charge is 0.348 e. The third-order valence-electron chi connectivity index (χ3n) is 6.17. The number of aromatic nitrogens is 1. The Balaban J connectivity index is 1.31. The van der Waals surface area contributed by atoms with Crippen molar-refractivity contribution in [2.75, 3.05) is 18.4 Å². The standard InChI is InChI=1S/C27H35N3O3S/c1-27(2,3)14-13-22-17-23(25(34-22)26(31)32)28-19-9-11-21(12-10-19)33-24-8-6-7-20(29-24)18-30-15-4-5-16-30/h6-8,17,19,21,28H,4-5,9-12,15-16,18H2,1-3H3,(H,31,32). The minimum absolute atomic E-state index is 0.123. The lowest BCUT2D eigenvalue weighted by Crippen LogP contribution is -2.31. The van der Waals surface area contributed by atoms with Crippen molar-refractivity contribution < 1.29 is 14.6 Å². The number of carbonyl (C=O) groups is 1. The molecule has 1 saturated carbocycles. The number of pyridine rings is 1. The molecule has 6 nitrogen and oxygen atoms in total. The van der Waals surface area contributed by atoms with Crippen molar-refractivity contribution in [2.45, 2.75) is 78.0 Å². The number of anilines is 1. The maximum atomic E-state index is 11.8. The van der Waals surface area contributed by atoms with Gasteiger partial charge >= 0.3 is 5.97 Å². The van der Waals surface area contributed by atoms with E-state index in [0.29, 0.717) is 16.4 Å². The van der Waals surface area contributed by atoms with Crippen LogP contribution >= 0.6 is 11.3 Å². The van der Waals surface area contributed by atoms with E-state index in [2.05, 4.69) is 28.1 Å². The summed E-state index contributed by atoms with van der Waals surface area (Å²) in [6, 6.07) is 8.16. The molecule has 0 amide bonds. The number of likely N-dealkylation sites (tertiary alicyclic amines) is 1. The molecule has 0 aromatic carbocycles. The van der Waals surface area contributed by atoms with Gasteiger partial charge in [-0.3, -0.25) is 4.90 Å². The van der Waals surface area contributed by atoms with Gasteiger partial charge in [-0.2, -0.15) is 0 Å². The van der Waals surface area contributed by atoms with E-state index < -0.39 is 5.97 Å². The molecular weight excluding hydrogens is 446 g/mol. The van der Waals surface area contributed by atoms with Gasteiger partial charge in [-0.15, -0.1) is 11.3 Å². The highest BCUT2D eigenvalue weighted by Crippen LogP contribution is 2.31. The lowest BCUT2D eigenvalue weighted by Gasteiger charge is -2.29. The van der Waals surface area contributed by atoms with Crippen LogP contribution < -0.4 is 10.1 Å². The minimum atomic E-state index is -0.909. The highest BCUT2D eigenvalue weighted by atomic mass is 32.1. The van der Waals surface area contributed by atoms with E-state index >= 15 is 0 Å². The lowest BCUT2D eigenvalue weighted by molar-refractivity contribution is 0.0703. The molecule has 1 aliphatic heterocycles.